The van der Waals surface area contributed by atoms with Gasteiger partial charge in [0.25, 0.3) is 0 Å². The molecule has 124 valence electrons. The van der Waals surface area contributed by atoms with Crippen LogP contribution in [-0.2, 0) is 0 Å². The van der Waals surface area contributed by atoms with Gasteiger partial charge in [-0.15, -0.1) is 0 Å². The maximum atomic E-state index is 13.8. The Morgan fingerprint density at radius 1 is 1.20 bits per heavy atom. The molecular formula is C17H10F2N4O2. The Kier molecular flexibility index (Phi) is 3.91. The van der Waals surface area contributed by atoms with E-state index >= 15 is 0 Å². The topological polar surface area (TPSA) is 105 Å². The molecule has 1 aromatic heterocycles. The fourth-order valence-electron chi connectivity index (χ4n) is 2.35. The van der Waals surface area contributed by atoms with Gasteiger partial charge in [0.1, 0.15) is 11.6 Å². The Morgan fingerprint density at radius 2 is 1.96 bits per heavy atom. The van der Waals surface area contributed by atoms with Crippen molar-refractivity contribution in [3.8, 4) is 23.0 Å². The molecular weight excluding hydrogens is 330 g/mol. The number of anilines is 1. The zero-order valence-electron chi connectivity index (χ0n) is 12.6. The van der Waals surface area contributed by atoms with Gasteiger partial charge in [-0.25, -0.2) is 18.3 Å². The van der Waals surface area contributed by atoms with Crippen LogP contribution in [0.2, 0.25) is 0 Å². The molecule has 3 rings (SSSR count). The van der Waals surface area contributed by atoms with Gasteiger partial charge in [0, 0.05) is 5.56 Å². The summed E-state index contributed by atoms with van der Waals surface area (Å²) >= 11 is 0. The van der Waals surface area contributed by atoms with Gasteiger partial charge in [-0.2, -0.15) is 10.4 Å². The van der Waals surface area contributed by atoms with Gasteiger partial charge < -0.3 is 10.8 Å². The third-order valence-corrected chi connectivity index (χ3v) is 3.48. The lowest BCUT2D eigenvalue weighted by Gasteiger charge is -2.09. The second-order valence-corrected chi connectivity index (χ2v) is 5.18. The number of aromatic nitrogens is 2. The molecule has 8 heteroatoms. The van der Waals surface area contributed by atoms with Crippen molar-refractivity contribution in [3.05, 3.63) is 65.4 Å². The van der Waals surface area contributed by atoms with Crippen LogP contribution in [0.5, 0.6) is 0 Å². The highest BCUT2D eigenvalue weighted by Gasteiger charge is 2.17. The second kappa shape index (κ2) is 6.05. The van der Waals surface area contributed by atoms with Crippen molar-refractivity contribution in [2.24, 2.45) is 0 Å². The normalized spacial score (nSPS) is 10.4. The van der Waals surface area contributed by atoms with E-state index in [9.17, 15) is 18.7 Å². The van der Waals surface area contributed by atoms with E-state index in [1.807, 2.05) is 6.07 Å². The molecule has 3 aromatic rings. The molecule has 0 saturated carbocycles. The minimum absolute atomic E-state index is 0.0678. The summed E-state index contributed by atoms with van der Waals surface area (Å²) in [6.45, 7) is 0. The second-order valence-electron chi connectivity index (χ2n) is 5.18. The molecule has 0 amide bonds. The Balaban J connectivity index is 2.26. The van der Waals surface area contributed by atoms with Gasteiger partial charge in [-0.05, 0) is 42.5 Å². The third-order valence-electron chi connectivity index (χ3n) is 3.48. The van der Waals surface area contributed by atoms with Crippen LogP contribution in [0.1, 0.15) is 16.1 Å². The molecule has 0 aliphatic rings. The van der Waals surface area contributed by atoms with Gasteiger partial charge in [-0.3, -0.25) is 0 Å². The molecule has 0 radical (unpaired) electrons. The molecule has 0 spiro atoms. The van der Waals surface area contributed by atoms with Crippen molar-refractivity contribution in [2.75, 3.05) is 5.73 Å². The van der Waals surface area contributed by atoms with Gasteiger partial charge in [0.15, 0.2) is 5.69 Å². The third kappa shape index (κ3) is 3.03. The summed E-state index contributed by atoms with van der Waals surface area (Å²) in [4.78, 5) is 11.3. The summed E-state index contributed by atoms with van der Waals surface area (Å²) in [6.07, 6.45) is 0. The van der Waals surface area contributed by atoms with Crippen LogP contribution in [0.15, 0.2) is 42.5 Å². The lowest BCUT2D eigenvalue weighted by atomic mass is 10.1. The highest BCUT2D eigenvalue weighted by Crippen LogP contribution is 2.27. The number of benzene rings is 2. The van der Waals surface area contributed by atoms with Gasteiger partial charge >= 0.3 is 5.97 Å². The molecule has 2 aromatic carbocycles. The van der Waals surface area contributed by atoms with E-state index in [-0.39, 0.29) is 28.2 Å². The van der Waals surface area contributed by atoms with Crippen LogP contribution < -0.4 is 5.73 Å². The average molecular weight is 340 g/mol. The van der Waals surface area contributed by atoms with E-state index in [1.54, 1.807) is 0 Å². The van der Waals surface area contributed by atoms with Crippen LogP contribution >= 0.6 is 0 Å². The summed E-state index contributed by atoms with van der Waals surface area (Å²) < 4.78 is 28.3. The number of halogens is 2. The number of nitriles is 1. The van der Waals surface area contributed by atoms with E-state index in [1.165, 1.54) is 28.9 Å². The fourth-order valence-corrected chi connectivity index (χ4v) is 2.35. The van der Waals surface area contributed by atoms with Crippen LogP contribution in [-0.4, -0.2) is 20.9 Å². The Hall–Kier alpha value is -3.73. The number of nitrogens with two attached hydrogens (primary N) is 1. The summed E-state index contributed by atoms with van der Waals surface area (Å²) in [5.41, 5.74) is 5.95. The highest BCUT2D eigenvalue weighted by molar-refractivity contribution is 5.87. The zero-order valence-corrected chi connectivity index (χ0v) is 12.6. The van der Waals surface area contributed by atoms with E-state index in [2.05, 4.69) is 5.10 Å². The number of hydrogen-bond acceptors (Lipinski definition) is 4. The largest absolute Gasteiger partial charge is 0.476 e. The zero-order chi connectivity index (χ0) is 18.1. The molecule has 0 unspecified atom stereocenters. The molecule has 0 aliphatic carbocycles. The van der Waals surface area contributed by atoms with E-state index in [0.29, 0.717) is 5.69 Å². The molecule has 0 bridgehead atoms. The van der Waals surface area contributed by atoms with Crippen LogP contribution in [0, 0.1) is 23.0 Å². The maximum absolute atomic E-state index is 13.8. The van der Waals surface area contributed by atoms with Crippen LogP contribution in [0.25, 0.3) is 16.9 Å². The van der Waals surface area contributed by atoms with Gasteiger partial charge in [-0.1, -0.05) is 0 Å². The van der Waals surface area contributed by atoms with Crippen LogP contribution in [0.4, 0.5) is 14.5 Å². The summed E-state index contributed by atoms with van der Waals surface area (Å²) in [5.74, 6) is -2.57. The molecule has 1 heterocycles. The Bertz CT molecular complexity index is 1040. The SMILES string of the molecule is N#Cc1cc(F)cc(-c2cc(C(=O)O)nn2-c2ccc(F)c(N)c2)c1. The van der Waals surface area contributed by atoms with E-state index in [0.717, 1.165) is 18.2 Å². The Labute approximate surface area is 140 Å². The molecule has 0 saturated heterocycles. The van der Waals surface area contributed by atoms with Gasteiger partial charge in [0.2, 0.25) is 0 Å². The van der Waals surface area contributed by atoms with Gasteiger partial charge in [0.05, 0.1) is 28.7 Å². The monoisotopic (exact) mass is 340 g/mol. The number of aromatic carboxylic acids is 1. The molecule has 0 fully saturated rings. The first kappa shape index (κ1) is 16.1. The van der Waals surface area contributed by atoms with Crippen molar-refractivity contribution in [3.63, 3.8) is 0 Å². The molecule has 25 heavy (non-hydrogen) atoms. The molecule has 3 N–H and O–H groups in total. The highest BCUT2D eigenvalue weighted by atomic mass is 19.1. The quantitative estimate of drug-likeness (QED) is 0.713. The minimum Gasteiger partial charge on any atom is -0.476 e. The van der Waals surface area contributed by atoms with Crippen molar-refractivity contribution in [2.45, 2.75) is 0 Å². The maximum Gasteiger partial charge on any atom is 0.356 e. The lowest BCUT2D eigenvalue weighted by Crippen LogP contribution is -2.04. The number of carbonyl (C=O) groups is 1. The predicted molar refractivity (Wildman–Crippen MR) is 85.0 cm³/mol. The van der Waals surface area contributed by atoms with Crippen molar-refractivity contribution < 1.29 is 18.7 Å². The lowest BCUT2D eigenvalue weighted by molar-refractivity contribution is 0.0690. The van der Waals surface area contributed by atoms with Crippen molar-refractivity contribution in [1.29, 1.82) is 5.26 Å². The smallest absolute Gasteiger partial charge is 0.356 e. The number of hydrogen-bond donors (Lipinski definition) is 2. The minimum atomic E-state index is -1.29. The number of carboxylic acid groups (broad SMARTS) is 1. The van der Waals surface area contributed by atoms with E-state index < -0.39 is 17.6 Å². The fraction of sp³-hybridized carbons (Fsp3) is 0. The summed E-state index contributed by atoms with van der Waals surface area (Å²) in [5, 5.41) is 22.1. The number of nitrogens with zero attached hydrogens (tertiary/aromatic N) is 3. The predicted octanol–water partition coefficient (Wildman–Crippen LogP) is 2.97. The first-order valence-corrected chi connectivity index (χ1v) is 6.99. The van der Waals surface area contributed by atoms with E-state index in [4.69, 9.17) is 11.0 Å². The van der Waals surface area contributed by atoms with Crippen molar-refractivity contribution in [1.82, 2.24) is 9.78 Å². The standard InChI is InChI=1S/C17H10F2N4O2/c18-11-4-9(8-20)3-10(5-11)16-7-15(17(24)25)22-23(16)12-1-2-13(19)14(21)6-12/h1-7H,21H2,(H,24,25). The summed E-state index contributed by atoms with van der Waals surface area (Å²) in [6, 6.07) is 10.4. The molecule has 0 aliphatic heterocycles. The first-order chi connectivity index (χ1) is 11.9. The number of rotatable bonds is 3. The summed E-state index contributed by atoms with van der Waals surface area (Å²) in [7, 11) is 0. The Morgan fingerprint density at radius 3 is 2.60 bits per heavy atom. The van der Waals surface area contributed by atoms with Crippen LogP contribution in [0.3, 0.4) is 0 Å². The first-order valence-electron chi connectivity index (χ1n) is 6.99. The molecule has 6 nitrogen and oxygen atoms in total. The average Bonchev–Trinajstić information content (AvgIpc) is 3.02. The van der Waals surface area contributed by atoms with Crippen molar-refractivity contribution >= 4 is 11.7 Å². The number of nitrogen functional groups attached to an aromatic ring is 1. The number of carboxylic acids is 1. The molecule has 0 atom stereocenters.